The summed E-state index contributed by atoms with van der Waals surface area (Å²) in [5.74, 6) is 0.0832. The quantitative estimate of drug-likeness (QED) is 0.786. The van der Waals surface area contributed by atoms with Gasteiger partial charge in [0, 0.05) is 5.56 Å². The van der Waals surface area contributed by atoms with Gasteiger partial charge in [-0.3, -0.25) is 4.72 Å². The number of sulfonamides is 1. The predicted octanol–water partition coefficient (Wildman–Crippen LogP) is 1.53. The average Bonchev–Trinajstić information content (AvgIpc) is 2.84. The summed E-state index contributed by atoms with van der Waals surface area (Å²) < 4.78 is 26.3. The van der Waals surface area contributed by atoms with E-state index in [-0.39, 0.29) is 10.8 Å². The second kappa shape index (κ2) is 4.34. The zero-order valence-electron chi connectivity index (χ0n) is 9.93. The summed E-state index contributed by atoms with van der Waals surface area (Å²) in [5, 5.41) is 9.73. The summed E-state index contributed by atoms with van der Waals surface area (Å²) >= 11 is 0. The number of phenolic OH excluding ortho intramolecular Hbond substituents is 1. The second-order valence-corrected chi connectivity index (χ2v) is 5.58. The fourth-order valence-electron chi connectivity index (χ4n) is 1.54. The van der Waals surface area contributed by atoms with Crippen molar-refractivity contribution in [3.63, 3.8) is 0 Å². The molecule has 0 spiro atoms. The van der Waals surface area contributed by atoms with Crippen LogP contribution in [0.1, 0.15) is 11.1 Å². The molecule has 0 fully saturated rings. The molecular formula is C11H13N3O3S. The zero-order valence-corrected chi connectivity index (χ0v) is 10.7. The highest BCUT2D eigenvalue weighted by atomic mass is 32.2. The van der Waals surface area contributed by atoms with E-state index in [2.05, 4.69) is 14.7 Å². The van der Waals surface area contributed by atoms with E-state index in [0.717, 1.165) is 0 Å². The van der Waals surface area contributed by atoms with E-state index >= 15 is 0 Å². The normalized spacial score (nSPS) is 11.4. The van der Waals surface area contributed by atoms with Crippen molar-refractivity contribution in [3.8, 4) is 5.75 Å². The molecule has 0 aliphatic rings. The Morgan fingerprint density at radius 3 is 2.67 bits per heavy atom. The molecule has 3 N–H and O–H groups in total. The van der Waals surface area contributed by atoms with Gasteiger partial charge in [0.15, 0.2) is 5.03 Å². The van der Waals surface area contributed by atoms with Gasteiger partial charge in [0.05, 0.1) is 18.2 Å². The molecular weight excluding hydrogens is 254 g/mol. The van der Waals surface area contributed by atoms with E-state index in [1.165, 1.54) is 12.5 Å². The number of benzene rings is 1. The molecule has 2 rings (SSSR count). The van der Waals surface area contributed by atoms with Crippen LogP contribution in [0.25, 0.3) is 0 Å². The van der Waals surface area contributed by atoms with E-state index in [0.29, 0.717) is 16.8 Å². The van der Waals surface area contributed by atoms with E-state index in [9.17, 15) is 13.5 Å². The third-order valence-corrected chi connectivity index (χ3v) is 3.93. The molecule has 18 heavy (non-hydrogen) atoms. The molecule has 0 atom stereocenters. The molecule has 2 aromatic rings. The van der Waals surface area contributed by atoms with Crippen LogP contribution < -0.4 is 4.72 Å². The van der Waals surface area contributed by atoms with Crippen LogP contribution in [0.3, 0.4) is 0 Å². The van der Waals surface area contributed by atoms with Crippen LogP contribution in [0.4, 0.5) is 5.69 Å². The zero-order chi connectivity index (χ0) is 13.3. The SMILES string of the molecule is Cc1ccc(NS(=O)(=O)c2cnc[nH]2)c(C)c1O. The van der Waals surface area contributed by atoms with Gasteiger partial charge < -0.3 is 10.1 Å². The average molecular weight is 267 g/mol. The Hall–Kier alpha value is -2.02. The van der Waals surface area contributed by atoms with Crippen LogP contribution >= 0.6 is 0 Å². The Balaban J connectivity index is 2.39. The van der Waals surface area contributed by atoms with Crippen molar-refractivity contribution in [1.29, 1.82) is 0 Å². The van der Waals surface area contributed by atoms with Crippen LogP contribution in [-0.2, 0) is 10.0 Å². The fraction of sp³-hybridized carbons (Fsp3) is 0.182. The van der Waals surface area contributed by atoms with Crippen molar-refractivity contribution >= 4 is 15.7 Å². The van der Waals surface area contributed by atoms with Gasteiger partial charge in [-0.2, -0.15) is 8.42 Å². The summed E-state index contributed by atoms with van der Waals surface area (Å²) in [5.41, 5.74) is 1.52. The first-order valence-electron chi connectivity index (χ1n) is 5.22. The highest BCUT2D eigenvalue weighted by Gasteiger charge is 2.17. The van der Waals surface area contributed by atoms with Gasteiger partial charge in [0.2, 0.25) is 0 Å². The van der Waals surface area contributed by atoms with Crippen molar-refractivity contribution in [2.45, 2.75) is 18.9 Å². The number of nitrogens with zero attached hydrogens (tertiary/aromatic N) is 1. The van der Waals surface area contributed by atoms with Gasteiger partial charge in [-0.25, -0.2) is 4.98 Å². The summed E-state index contributed by atoms with van der Waals surface area (Å²) in [4.78, 5) is 6.18. The first kappa shape index (κ1) is 12.4. The first-order chi connectivity index (χ1) is 8.42. The van der Waals surface area contributed by atoms with Gasteiger partial charge in [0.25, 0.3) is 10.0 Å². The minimum absolute atomic E-state index is 0.0260. The standard InChI is InChI=1S/C11H13N3O3S/c1-7-3-4-9(8(2)11(7)15)14-18(16,17)10-5-12-6-13-10/h3-6,14-15H,1-2H3,(H,12,13). The van der Waals surface area contributed by atoms with E-state index in [1.54, 1.807) is 26.0 Å². The highest BCUT2D eigenvalue weighted by Crippen LogP contribution is 2.29. The number of aromatic amines is 1. The van der Waals surface area contributed by atoms with Gasteiger partial charge in [0.1, 0.15) is 5.75 Å². The maximum absolute atomic E-state index is 11.9. The van der Waals surface area contributed by atoms with Crippen molar-refractivity contribution in [2.75, 3.05) is 4.72 Å². The number of H-pyrrole nitrogens is 1. The number of anilines is 1. The van der Waals surface area contributed by atoms with Crippen LogP contribution in [0.5, 0.6) is 5.75 Å². The topological polar surface area (TPSA) is 95.1 Å². The highest BCUT2D eigenvalue weighted by molar-refractivity contribution is 7.92. The molecule has 7 heteroatoms. The molecule has 96 valence electrons. The summed E-state index contributed by atoms with van der Waals surface area (Å²) in [6, 6.07) is 3.26. The largest absolute Gasteiger partial charge is 0.507 e. The Morgan fingerprint density at radius 1 is 1.33 bits per heavy atom. The molecule has 1 aromatic carbocycles. The third-order valence-electron chi connectivity index (χ3n) is 2.64. The van der Waals surface area contributed by atoms with Crippen LogP contribution in [-0.4, -0.2) is 23.5 Å². The number of aryl methyl sites for hydroxylation is 1. The number of hydrogen-bond acceptors (Lipinski definition) is 4. The Labute approximate surface area is 105 Å². The maximum Gasteiger partial charge on any atom is 0.278 e. The Morgan fingerprint density at radius 2 is 2.06 bits per heavy atom. The third kappa shape index (κ3) is 2.17. The molecule has 1 aromatic heterocycles. The summed E-state index contributed by atoms with van der Waals surface area (Å²) in [6.45, 7) is 3.39. The van der Waals surface area contributed by atoms with Gasteiger partial charge in [-0.15, -0.1) is 0 Å². The van der Waals surface area contributed by atoms with Crippen molar-refractivity contribution < 1.29 is 13.5 Å². The van der Waals surface area contributed by atoms with Crippen molar-refractivity contribution in [3.05, 3.63) is 35.8 Å². The first-order valence-corrected chi connectivity index (χ1v) is 6.70. The summed E-state index contributed by atoms with van der Waals surface area (Å²) in [6.07, 6.45) is 2.50. The number of phenols is 1. The Kier molecular flexibility index (Phi) is 3.00. The Bertz CT molecular complexity index is 663. The molecule has 0 unspecified atom stereocenters. The van der Waals surface area contributed by atoms with Gasteiger partial charge in [-0.05, 0) is 25.5 Å². The minimum Gasteiger partial charge on any atom is -0.507 e. The minimum atomic E-state index is -3.70. The lowest BCUT2D eigenvalue weighted by Crippen LogP contribution is -2.14. The van der Waals surface area contributed by atoms with Crippen LogP contribution in [0.15, 0.2) is 29.7 Å². The molecule has 0 bridgehead atoms. The van der Waals surface area contributed by atoms with Crippen molar-refractivity contribution in [2.24, 2.45) is 0 Å². The fourth-order valence-corrected chi connectivity index (χ4v) is 2.56. The van der Waals surface area contributed by atoms with Gasteiger partial charge in [-0.1, -0.05) is 6.07 Å². The molecule has 0 saturated heterocycles. The maximum atomic E-state index is 11.9. The molecule has 6 nitrogen and oxygen atoms in total. The van der Waals surface area contributed by atoms with Crippen LogP contribution in [0, 0.1) is 13.8 Å². The second-order valence-electron chi connectivity index (χ2n) is 3.92. The smallest absolute Gasteiger partial charge is 0.278 e. The van der Waals surface area contributed by atoms with Crippen LogP contribution in [0.2, 0.25) is 0 Å². The number of nitrogens with one attached hydrogen (secondary N) is 2. The molecule has 0 aliphatic carbocycles. The van der Waals surface area contributed by atoms with E-state index < -0.39 is 10.0 Å². The van der Waals surface area contributed by atoms with E-state index in [4.69, 9.17) is 0 Å². The molecule has 0 amide bonds. The molecule has 0 aliphatic heterocycles. The number of aromatic hydroxyl groups is 1. The lowest BCUT2D eigenvalue weighted by atomic mass is 10.1. The molecule has 0 radical (unpaired) electrons. The monoisotopic (exact) mass is 267 g/mol. The molecule has 0 saturated carbocycles. The van der Waals surface area contributed by atoms with Crippen molar-refractivity contribution in [1.82, 2.24) is 9.97 Å². The summed E-state index contributed by atoms with van der Waals surface area (Å²) in [7, 11) is -3.70. The lowest BCUT2D eigenvalue weighted by Gasteiger charge is -2.11. The van der Waals surface area contributed by atoms with E-state index in [1.807, 2.05) is 0 Å². The predicted molar refractivity (Wildman–Crippen MR) is 67.0 cm³/mol. The molecule has 1 heterocycles. The number of rotatable bonds is 3. The number of imidazole rings is 1. The lowest BCUT2D eigenvalue weighted by molar-refractivity contribution is 0.467. The van der Waals surface area contributed by atoms with Gasteiger partial charge >= 0.3 is 0 Å². The number of hydrogen-bond donors (Lipinski definition) is 3. The number of aromatic nitrogens is 2.